The lowest BCUT2D eigenvalue weighted by Crippen LogP contribution is -2.31. The van der Waals surface area contributed by atoms with Gasteiger partial charge in [-0.25, -0.2) is 4.98 Å². The Morgan fingerprint density at radius 3 is 2.78 bits per heavy atom. The smallest absolute Gasteiger partial charge is 0.257 e. The van der Waals surface area contributed by atoms with Crippen molar-refractivity contribution < 1.29 is 4.79 Å². The Morgan fingerprint density at radius 2 is 2.11 bits per heavy atom. The van der Waals surface area contributed by atoms with Crippen LogP contribution in [0.2, 0.25) is 0 Å². The summed E-state index contributed by atoms with van der Waals surface area (Å²) in [5.74, 6) is 0.803. The predicted octanol–water partition coefficient (Wildman–Crippen LogP) is 3.24. The molecule has 4 heterocycles. The van der Waals surface area contributed by atoms with Crippen LogP contribution in [0.25, 0.3) is 0 Å². The molecule has 4 rings (SSSR count). The van der Waals surface area contributed by atoms with E-state index >= 15 is 0 Å². The van der Waals surface area contributed by atoms with E-state index in [9.17, 15) is 4.79 Å². The van der Waals surface area contributed by atoms with Gasteiger partial charge in [-0.2, -0.15) is 5.10 Å². The van der Waals surface area contributed by atoms with E-state index in [1.54, 1.807) is 23.3 Å². The molecule has 1 saturated heterocycles. The lowest BCUT2D eigenvalue weighted by atomic mass is 10.1. The minimum Gasteiger partial charge on any atom is -0.339 e. The Bertz CT molecular complexity index is 935. The highest BCUT2D eigenvalue weighted by atomic mass is 16.2. The lowest BCUT2D eigenvalue weighted by Gasteiger charge is -2.24. The van der Waals surface area contributed by atoms with Gasteiger partial charge in [-0.3, -0.25) is 14.5 Å². The zero-order chi connectivity index (χ0) is 18.8. The third-order valence-corrected chi connectivity index (χ3v) is 4.82. The Balaban J connectivity index is 1.52. The Kier molecular flexibility index (Phi) is 4.58. The molecule has 1 amide bonds. The second kappa shape index (κ2) is 7.19. The van der Waals surface area contributed by atoms with E-state index in [0.29, 0.717) is 5.56 Å². The highest BCUT2D eigenvalue weighted by Gasteiger charge is 2.32. The van der Waals surface area contributed by atoms with Crippen molar-refractivity contribution in [2.45, 2.75) is 25.8 Å². The van der Waals surface area contributed by atoms with E-state index < -0.39 is 0 Å². The molecular formula is C20H22N6O. The summed E-state index contributed by atoms with van der Waals surface area (Å²) < 4.78 is 1.68. The zero-order valence-electron chi connectivity index (χ0n) is 15.5. The fourth-order valence-corrected chi connectivity index (χ4v) is 3.54. The van der Waals surface area contributed by atoms with Crippen molar-refractivity contribution >= 4 is 17.4 Å². The molecule has 1 N–H and O–H groups in total. The van der Waals surface area contributed by atoms with Gasteiger partial charge in [0, 0.05) is 26.0 Å². The molecule has 1 atom stereocenters. The number of likely N-dealkylation sites (tertiary alicyclic amines) is 1. The molecule has 0 aromatic carbocycles. The fourth-order valence-electron chi connectivity index (χ4n) is 3.54. The number of pyridine rings is 2. The summed E-state index contributed by atoms with van der Waals surface area (Å²) >= 11 is 0. The summed E-state index contributed by atoms with van der Waals surface area (Å²) in [6, 6.07) is 9.68. The van der Waals surface area contributed by atoms with Crippen molar-refractivity contribution in [3.05, 3.63) is 65.9 Å². The molecule has 138 valence electrons. The quantitative estimate of drug-likeness (QED) is 0.771. The van der Waals surface area contributed by atoms with Gasteiger partial charge in [-0.05, 0) is 44.0 Å². The minimum absolute atomic E-state index is 0.000932. The predicted molar refractivity (Wildman–Crippen MR) is 103 cm³/mol. The molecule has 0 bridgehead atoms. The standard InChI is InChI=1S/C20H22N6O/c1-14-16(13-25(2)24-14)20(27)26-11-5-6-18(26)17-9-8-15(12-22-17)23-19-7-3-4-10-21-19/h3-4,7-10,12-13,18H,5-6,11H2,1-2H3,(H,21,23)/t18-/m1/s1. The molecule has 0 unspecified atom stereocenters. The fraction of sp³-hybridized carbons (Fsp3) is 0.300. The summed E-state index contributed by atoms with van der Waals surface area (Å²) in [4.78, 5) is 23.8. The Morgan fingerprint density at radius 1 is 1.22 bits per heavy atom. The van der Waals surface area contributed by atoms with Crippen molar-refractivity contribution in [2.24, 2.45) is 7.05 Å². The SMILES string of the molecule is Cc1nn(C)cc1C(=O)N1CCC[C@@H]1c1ccc(Nc2ccccn2)cn1. The first-order chi connectivity index (χ1) is 13.1. The highest BCUT2D eigenvalue weighted by Crippen LogP contribution is 2.33. The second-order valence-corrected chi connectivity index (χ2v) is 6.77. The molecule has 0 aliphatic carbocycles. The van der Waals surface area contributed by atoms with Crippen LogP contribution >= 0.6 is 0 Å². The maximum Gasteiger partial charge on any atom is 0.257 e. The summed E-state index contributed by atoms with van der Waals surface area (Å²) in [7, 11) is 1.83. The first kappa shape index (κ1) is 17.2. The van der Waals surface area contributed by atoms with Crippen LogP contribution in [0.3, 0.4) is 0 Å². The number of hydrogen-bond acceptors (Lipinski definition) is 5. The van der Waals surface area contributed by atoms with Crippen molar-refractivity contribution in [3.8, 4) is 0 Å². The van der Waals surface area contributed by atoms with Crippen molar-refractivity contribution in [1.29, 1.82) is 0 Å². The number of nitrogens with zero attached hydrogens (tertiary/aromatic N) is 5. The van der Waals surface area contributed by atoms with E-state index in [0.717, 1.165) is 42.3 Å². The summed E-state index contributed by atoms with van der Waals surface area (Å²) in [6.45, 7) is 2.61. The van der Waals surface area contributed by atoms with Gasteiger partial charge in [0.25, 0.3) is 5.91 Å². The van der Waals surface area contributed by atoms with E-state index in [-0.39, 0.29) is 11.9 Å². The van der Waals surface area contributed by atoms with E-state index in [1.165, 1.54) is 0 Å². The molecule has 1 fully saturated rings. The van der Waals surface area contributed by atoms with Crippen LogP contribution < -0.4 is 5.32 Å². The summed E-state index contributed by atoms with van der Waals surface area (Å²) in [5.41, 5.74) is 3.21. The molecule has 0 saturated carbocycles. The van der Waals surface area contributed by atoms with Gasteiger partial charge in [0.15, 0.2) is 0 Å². The normalized spacial score (nSPS) is 16.5. The number of anilines is 2. The van der Waals surface area contributed by atoms with Crippen LogP contribution in [0.5, 0.6) is 0 Å². The minimum atomic E-state index is 0.000932. The van der Waals surface area contributed by atoms with Crippen LogP contribution in [-0.2, 0) is 7.05 Å². The lowest BCUT2D eigenvalue weighted by molar-refractivity contribution is 0.0732. The summed E-state index contributed by atoms with van der Waals surface area (Å²) in [6.07, 6.45) is 7.23. The summed E-state index contributed by atoms with van der Waals surface area (Å²) in [5, 5.41) is 7.52. The van der Waals surface area contributed by atoms with E-state index in [1.807, 2.05) is 49.2 Å². The number of aromatic nitrogens is 4. The third-order valence-electron chi connectivity index (χ3n) is 4.82. The molecule has 7 nitrogen and oxygen atoms in total. The monoisotopic (exact) mass is 362 g/mol. The first-order valence-corrected chi connectivity index (χ1v) is 9.07. The zero-order valence-corrected chi connectivity index (χ0v) is 15.5. The van der Waals surface area contributed by atoms with Crippen molar-refractivity contribution in [2.75, 3.05) is 11.9 Å². The van der Waals surface area contributed by atoms with Crippen molar-refractivity contribution in [3.63, 3.8) is 0 Å². The van der Waals surface area contributed by atoms with Crippen molar-refractivity contribution in [1.82, 2.24) is 24.6 Å². The number of carbonyl (C=O) groups is 1. The van der Waals surface area contributed by atoms with E-state index in [2.05, 4.69) is 20.4 Å². The largest absolute Gasteiger partial charge is 0.339 e. The van der Waals surface area contributed by atoms with Crippen LogP contribution in [0, 0.1) is 6.92 Å². The second-order valence-electron chi connectivity index (χ2n) is 6.77. The number of carbonyl (C=O) groups excluding carboxylic acids is 1. The number of rotatable bonds is 4. The number of aryl methyl sites for hydroxylation is 2. The molecule has 7 heteroatoms. The third kappa shape index (κ3) is 3.53. The molecule has 3 aromatic heterocycles. The molecule has 0 radical (unpaired) electrons. The van der Waals surface area contributed by atoms with Crippen LogP contribution in [0.15, 0.2) is 48.9 Å². The number of hydrogen-bond donors (Lipinski definition) is 1. The van der Waals surface area contributed by atoms with Gasteiger partial charge in [-0.1, -0.05) is 6.07 Å². The topological polar surface area (TPSA) is 75.9 Å². The van der Waals surface area contributed by atoms with Gasteiger partial charge < -0.3 is 10.2 Å². The van der Waals surface area contributed by atoms with E-state index in [4.69, 9.17) is 0 Å². The molecule has 3 aromatic rings. The van der Waals surface area contributed by atoms with Crippen LogP contribution in [0.4, 0.5) is 11.5 Å². The molecule has 1 aliphatic rings. The molecule has 27 heavy (non-hydrogen) atoms. The van der Waals surface area contributed by atoms with Gasteiger partial charge in [0.2, 0.25) is 0 Å². The highest BCUT2D eigenvalue weighted by molar-refractivity contribution is 5.95. The van der Waals surface area contributed by atoms with Crippen LogP contribution in [0.1, 0.15) is 40.6 Å². The van der Waals surface area contributed by atoms with Gasteiger partial charge in [0.05, 0.1) is 34.9 Å². The van der Waals surface area contributed by atoms with Gasteiger partial charge in [0.1, 0.15) is 5.82 Å². The van der Waals surface area contributed by atoms with Gasteiger partial charge >= 0.3 is 0 Å². The Hall–Kier alpha value is -3.22. The molecule has 1 aliphatic heterocycles. The Labute approximate surface area is 158 Å². The van der Waals surface area contributed by atoms with Gasteiger partial charge in [-0.15, -0.1) is 0 Å². The maximum atomic E-state index is 13.0. The average molecular weight is 362 g/mol. The molecular weight excluding hydrogens is 340 g/mol. The number of amides is 1. The average Bonchev–Trinajstić information content (AvgIpc) is 3.29. The first-order valence-electron chi connectivity index (χ1n) is 9.07. The molecule has 0 spiro atoms. The van der Waals surface area contributed by atoms with Crippen LogP contribution in [-0.4, -0.2) is 37.1 Å². The number of nitrogens with one attached hydrogen (secondary N) is 1. The maximum absolute atomic E-state index is 13.0.